The van der Waals surface area contributed by atoms with Crippen molar-refractivity contribution in [1.29, 1.82) is 0 Å². The summed E-state index contributed by atoms with van der Waals surface area (Å²) in [7, 11) is 1.16. The maximum Gasteiger partial charge on any atom is 0.328 e. The minimum atomic E-state index is -1.44. The minimum Gasteiger partial charge on any atom is -0.481 e. The van der Waals surface area contributed by atoms with E-state index in [-0.39, 0.29) is 6.42 Å². The molecule has 0 fully saturated rings. The molecule has 0 saturated carbocycles. The summed E-state index contributed by atoms with van der Waals surface area (Å²) in [6, 6.07) is 4.98. The van der Waals surface area contributed by atoms with Crippen molar-refractivity contribution in [1.82, 2.24) is 16.0 Å². The lowest BCUT2D eigenvalue weighted by Gasteiger charge is -2.24. The Kier molecular flexibility index (Phi) is 10.8. The molecule has 0 aliphatic rings. The molecular formula is C20H28N4O8. The minimum absolute atomic E-state index is 0.122. The Hall–Kier alpha value is -3.51. The summed E-state index contributed by atoms with van der Waals surface area (Å²) in [5.41, 5.74) is 6.14. The van der Waals surface area contributed by atoms with Crippen molar-refractivity contribution in [2.24, 2.45) is 5.73 Å². The average Bonchev–Trinajstić information content (AvgIpc) is 2.74. The molecule has 0 spiro atoms. The van der Waals surface area contributed by atoms with Gasteiger partial charge in [0.05, 0.1) is 32.2 Å². The predicted molar refractivity (Wildman–Crippen MR) is 111 cm³/mol. The molecule has 0 unspecified atom stereocenters. The van der Waals surface area contributed by atoms with Crippen LogP contribution in [0.5, 0.6) is 0 Å². The molecule has 0 saturated heterocycles. The van der Waals surface area contributed by atoms with Crippen LogP contribution in [-0.2, 0) is 35.1 Å². The standard InChI is InChI=1S/C20H28N4O8/c1-11(25)17(24-15(26)10-22-18(29)13(21)9-16(27)28)19(30)23-14(20(31)32-2)8-12-6-4-3-5-7-12/h3-7,11,13-14,17,25H,8-10,21H2,1-2H3,(H,22,29)(H,23,30)(H,24,26)(H,27,28)/t11-,13+,14+,17+/m1/s1. The van der Waals surface area contributed by atoms with E-state index in [9.17, 15) is 29.1 Å². The van der Waals surface area contributed by atoms with Gasteiger partial charge >= 0.3 is 11.9 Å². The molecule has 0 aliphatic heterocycles. The van der Waals surface area contributed by atoms with Crippen molar-refractivity contribution < 1.29 is 38.9 Å². The summed E-state index contributed by atoms with van der Waals surface area (Å²) in [6.45, 7) is 0.656. The number of methoxy groups -OCH3 is 1. The smallest absolute Gasteiger partial charge is 0.328 e. The molecule has 0 bridgehead atoms. The highest BCUT2D eigenvalue weighted by Gasteiger charge is 2.30. The summed E-state index contributed by atoms with van der Waals surface area (Å²) in [5.74, 6) is -4.53. The van der Waals surface area contributed by atoms with Gasteiger partial charge in [0.1, 0.15) is 12.1 Å². The first kappa shape index (κ1) is 26.5. The number of amides is 3. The molecule has 1 aromatic carbocycles. The highest BCUT2D eigenvalue weighted by atomic mass is 16.5. The van der Waals surface area contributed by atoms with Crippen molar-refractivity contribution in [3.05, 3.63) is 35.9 Å². The van der Waals surface area contributed by atoms with Gasteiger partial charge in [0.2, 0.25) is 17.7 Å². The van der Waals surface area contributed by atoms with E-state index < -0.39 is 66.9 Å². The number of carboxylic acids is 1. The normalized spacial score (nSPS) is 14.2. The zero-order chi connectivity index (χ0) is 24.3. The molecule has 1 rings (SSSR count). The molecule has 12 nitrogen and oxygen atoms in total. The Bertz CT molecular complexity index is 815. The first-order chi connectivity index (χ1) is 15.0. The Morgan fingerprint density at radius 1 is 1.06 bits per heavy atom. The quantitative estimate of drug-likeness (QED) is 0.188. The van der Waals surface area contributed by atoms with Crippen LogP contribution in [0.3, 0.4) is 0 Å². The Balaban J connectivity index is 2.74. The Labute approximate surface area is 184 Å². The number of hydrogen-bond acceptors (Lipinski definition) is 8. The summed E-state index contributed by atoms with van der Waals surface area (Å²) in [4.78, 5) is 59.1. The lowest BCUT2D eigenvalue weighted by atomic mass is 10.0. The van der Waals surface area contributed by atoms with E-state index in [1.165, 1.54) is 6.92 Å². The SMILES string of the molecule is COC(=O)[C@H](Cc1ccccc1)NC(=O)[C@@H](NC(=O)CNC(=O)[C@@H](N)CC(=O)O)[C@@H](C)O. The molecule has 0 radical (unpaired) electrons. The second-order valence-electron chi connectivity index (χ2n) is 6.98. The zero-order valence-corrected chi connectivity index (χ0v) is 17.7. The van der Waals surface area contributed by atoms with Crippen LogP contribution in [0.2, 0.25) is 0 Å². The largest absolute Gasteiger partial charge is 0.481 e. The van der Waals surface area contributed by atoms with Gasteiger partial charge in [0.25, 0.3) is 0 Å². The second-order valence-corrected chi connectivity index (χ2v) is 6.98. The molecular weight excluding hydrogens is 424 g/mol. The third kappa shape index (κ3) is 9.10. The molecule has 0 aromatic heterocycles. The number of carboxylic acid groups (broad SMARTS) is 1. The van der Waals surface area contributed by atoms with Gasteiger partial charge < -0.3 is 36.6 Å². The van der Waals surface area contributed by atoms with Crippen molar-refractivity contribution in [2.75, 3.05) is 13.7 Å². The fraction of sp³-hybridized carbons (Fsp3) is 0.450. The number of rotatable bonds is 12. The number of carbonyl (C=O) groups excluding carboxylic acids is 4. The fourth-order valence-electron chi connectivity index (χ4n) is 2.66. The number of carbonyl (C=O) groups is 5. The van der Waals surface area contributed by atoms with E-state index in [0.717, 1.165) is 12.7 Å². The fourth-order valence-corrected chi connectivity index (χ4v) is 2.66. The van der Waals surface area contributed by atoms with Crippen molar-refractivity contribution in [3.63, 3.8) is 0 Å². The van der Waals surface area contributed by atoms with Crippen LogP contribution in [0.1, 0.15) is 18.9 Å². The van der Waals surface area contributed by atoms with Gasteiger partial charge in [-0.05, 0) is 12.5 Å². The monoisotopic (exact) mass is 452 g/mol. The van der Waals surface area contributed by atoms with Crippen molar-refractivity contribution in [2.45, 2.75) is 44.0 Å². The van der Waals surface area contributed by atoms with Crippen LogP contribution in [0.4, 0.5) is 0 Å². The molecule has 32 heavy (non-hydrogen) atoms. The Morgan fingerprint density at radius 3 is 2.22 bits per heavy atom. The number of nitrogens with one attached hydrogen (secondary N) is 3. The van der Waals surface area contributed by atoms with Gasteiger partial charge in [-0.3, -0.25) is 19.2 Å². The predicted octanol–water partition coefficient (Wildman–Crippen LogP) is -2.33. The molecule has 4 atom stereocenters. The lowest BCUT2D eigenvalue weighted by Crippen LogP contribution is -2.57. The molecule has 12 heteroatoms. The van der Waals surface area contributed by atoms with E-state index in [1.54, 1.807) is 30.3 Å². The third-order valence-electron chi connectivity index (χ3n) is 4.32. The number of aliphatic hydroxyl groups is 1. The van der Waals surface area contributed by atoms with Gasteiger partial charge in [-0.15, -0.1) is 0 Å². The van der Waals surface area contributed by atoms with Crippen LogP contribution in [0.15, 0.2) is 30.3 Å². The van der Waals surface area contributed by atoms with Gasteiger partial charge in [-0.2, -0.15) is 0 Å². The topological polar surface area (TPSA) is 197 Å². The number of ether oxygens (including phenoxy) is 1. The first-order valence-corrected chi connectivity index (χ1v) is 9.69. The summed E-state index contributed by atoms with van der Waals surface area (Å²) >= 11 is 0. The first-order valence-electron chi connectivity index (χ1n) is 9.69. The molecule has 7 N–H and O–H groups in total. The molecule has 176 valence electrons. The summed E-state index contributed by atoms with van der Waals surface area (Å²) < 4.78 is 4.72. The Morgan fingerprint density at radius 2 is 1.69 bits per heavy atom. The van der Waals surface area contributed by atoms with Crippen LogP contribution in [-0.4, -0.2) is 77.8 Å². The number of esters is 1. The van der Waals surface area contributed by atoms with E-state index in [0.29, 0.717) is 0 Å². The van der Waals surface area contributed by atoms with Gasteiger partial charge in [0.15, 0.2) is 0 Å². The van der Waals surface area contributed by atoms with Crippen LogP contribution >= 0.6 is 0 Å². The van der Waals surface area contributed by atoms with Crippen molar-refractivity contribution in [3.8, 4) is 0 Å². The average molecular weight is 452 g/mol. The van der Waals surface area contributed by atoms with Gasteiger partial charge in [-0.25, -0.2) is 4.79 Å². The van der Waals surface area contributed by atoms with E-state index in [1.807, 2.05) is 0 Å². The molecule has 1 aromatic rings. The molecule has 0 aliphatic carbocycles. The van der Waals surface area contributed by atoms with Crippen LogP contribution < -0.4 is 21.7 Å². The number of nitrogens with two attached hydrogens (primary N) is 1. The number of benzene rings is 1. The third-order valence-corrected chi connectivity index (χ3v) is 4.32. The summed E-state index contributed by atoms with van der Waals surface area (Å²) in [5, 5.41) is 25.4. The van der Waals surface area contributed by atoms with Crippen molar-refractivity contribution >= 4 is 29.7 Å². The van der Waals surface area contributed by atoms with E-state index in [4.69, 9.17) is 15.6 Å². The summed E-state index contributed by atoms with van der Waals surface area (Å²) in [6.07, 6.45) is -1.83. The van der Waals surface area contributed by atoms with E-state index in [2.05, 4.69) is 16.0 Å². The zero-order valence-electron chi connectivity index (χ0n) is 17.7. The highest BCUT2D eigenvalue weighted by molar-refractivity contribution is 5.93. The molecule has 3 amide bonds. The van der Waals surface area contributed by atoms with E-state index >= 15 is 0 Å². The molecule has 0 heterocycles. The highest BCUT2D eigenvalue weighted by Crippen LogP contribution is 2.06. The maximum atomic E-state index is 12.6. The van der Waals surface area contributed by atoms with Crippen LogP contribution in [0.25, 0.3) is 0 Å². The lowest BCUT2D eigenvalue weighted by molar-refractivity contribution is -0.145. The number of hydrogen-bond donors (Lipinski definition) is 6. The van der Waals surface area contributed by atoms with Crippen LogP contribution in [0, 0.1) is 0 Å². The number of aliphatic hydroxyl groups excluding tert-OH is 1. The maximum absolute atomic E-state index is 12.6. The number of aliphatic carboxylic acids is 1. The second kappa shape index (κ2) is 13.0. The van der Waals surface area contributed by atoms with Gasteiger partial charge in [0, 0.05) is 6.42 Å². The van der Waals surface area contributed by atoms with Gasteiger partial charge in [-0.1, -0.05) is 30.3 Å².